The van der Waals surface area contributed by atoms with Crippen LogP contribution in [0.2, 0.25) is 0 Å². The predicted octanol–water partition coefficient (Wildman–Crippen LogP) is 0.934. The largest absolute Gasteiger partial charge is 0.442 e. The van der Waals surface area contributed by atoms with E-state index >= 15 is 0 Å². The van der Waals surface area contributed by atoms with Gasteiger partial charge in [0.1, 0.15) is 12.4 Å². The molecule has 1 aliphatic heterocycles. The summed E-state index contributed by atoms with van der Waals surface area (Å²) >= 11 is 0. The van der Waals surface area contributed by atoms with Crippen LogP contribution < -0.4 is 0 Å². The van der Waals surface area contributed by atoms with Crippen molar-refractivity contribution in [3.63, 3.8) is 0 Å². The van der Waals surface area contributed by atoms with E-state index in [0.29, 0.717) is 11.8 Å². The smallest absolute Gasteiger partial charge is 0.211 e. The summed E-state index contributed by atoms with van der Waals surface area (Å²) in [7, 11) is 2.07. The predicted molar refractivity (Wildman–Crippen MR) is 47.0 cm³/mol. The molecule has 0 bridgehead atoms. The third-order valence-electron chi connectivity index (χ3n) is 2.53. The van der Waals surface area contributed by atoms with Crippen LogP contribution in [-0.2, 0) is 6.61 Å². The SMILES string of the molecule is CN1CCCC1c1ncc(CO)o1. The number of hydrogen-bond donors (Lipinski definition) is 1. The van der Waals surface area contributed by atoms with Crippen LogP contribution in [0.5, 0.6) is 0 Å². The highest BCUT2D eigenvalue weighted by Gasteiger charge is 2.26. The highest BCUT2D eigenvalue weighted by Crippen LogP contribution is 2.29. The van der Waals surface area contributed by atoms with Crippen LogP contribution in [0.1, 0.15) is 30.5 Å². The molecule has 0 aromatic carbocycles. The van der Waals surface area contributed by atoms with Crippen molar-refractivity contribution in [1.29, 1.82) is 0 Å². The lowest BCUT2D eigenvalue weighted by molar-refractivity contribution is 0.222. The Morgan fingerprint density at radius 3 is 3.15 bits per heavy atom. The lowest BCUT2D eigenvalue weighted by Crippen LogP contribution is -2.17. The molecule has 0 radical (unpaired) electrons. The third-order valence-corrected chi connectivity index (χ3v) is 2.53. The van der Waals surface area contributed by atoms with Crippen molar-refractivity contribution in [2.75, 3.05) is 13.6 Å². The van der Waals surface area contributed by atoms with Crippen molar-refractivity contribution in [1.82, 2.24) is 9.88 Å². The zero-order chi connectivity index (χ0) is 9.26. The van der Waals surface area contributed by atoms with E-state index in [1.807, 2.05) is 0 Å². The molecule has 4 heteroatoms. The summed E-state index contributed by atoms with van der Waals surface area (Å²) < 4.78 is 5.38. The van der Waals surface area contributed by atoms with Gasteiger partial charge < -0.3 is 9.52 Å². The molecular weight excluding hydrogens is 168 g/mol. The molecule has 1 N–H and O–H groups in total. The first kappa shape index (κ1) is 8.72. The van der Waals surface area contributed by atoms with Gasteiger partial charge >= 0.3 is 0 Å². The Morgan fingerprint density at radius 1 is 1.77 bits per heavy atom. The second kappa shape index (κ2) is 3.47. The fraction of sp³-hybridized carbons (Fsp3) is 0.667. The number of oxazole rings is 1. The molecule has 2 heterocycles. The van der Waals surface area contributed by atoms with Crippen LogP contribution in [0.25, 0.3) is 0 Å². The number of aliphatic hydroxyl groups is 1. The topological polar surface area (TPSA) is 49.5 Å². The van der Waals surface area contributed by atoms with Crippen LogP contribution in [-0.4, -0.2) is 28.6 Å². The van der Waals surface area contributed by atoms with Gasteiger partial charge in [0.25, 0.3) is 0 Å². The molecule has 72 valence electrons. The van der Waals surface area contributed by atoms with Crippen LogP contribution >= 0.6 is 0 Å². The van der Waals surface area contributed by atoms with E-state index < -0.39 is 0 Å². The Kier molecular flexibility index (Phi) is 2.33. The lowest BCUT2D eigenvalue weighted by Gasteiger charge is -2.15. The molecule has 1 unspecified atom stereocenters. The van der Waals surface area contributed by atoms with E-state index in [0.717, 1.165) is 18.9 Å². The van der Waals surface area contributed by atoms with Gasteiger partial charge in [0.05, 0.1) is 12.2 Å². The number of likely N-dealkylation sites (tertiary alicyclic amines) is 1. The van der Waals surface area contributed by atoms with Gasteiger partial charge in [0, 0.05) is 0 Å². The average Bonchev–Trinajstić information content (AvgIpc) is 2.71. The molecule has 1 fully saturated rings. The average molecular weight is 182 g/mol. The van der Waals surface area contributed by atoms with Gasteiger partial charge in [0.2, 0.25) is 5.89 Å². The van der Waals surface area contributed by atoms with Gasteiger partial charge in [-0.25, -0.2) is 4.98 Å². The van der Waals surface area contributed by atoms with Crippen molar-refractivity contribution in [2.45, 2.75) is 25.5 Å². The van der Waals surface area contributed by atoms with E-state index in [1.54, 1.807) is 6.20 Å². The Bertz CT molecular complexity index is 285. The maximum atomic E-state index is 8.81. The molecule has 0 amide bonds. The molecule has 1 saturated heterocycles. The van der Waals surface area contributed by atoms with Gasteiger partial charge in [-0.15, -0.1) is 0 Å². The van der Waals surface area contributed by atoms with E-state index in [1.165, 1.54) is 6.42 Å². The molecule has 1 atom stereocenters. The molecule has 13 heavy (non-hydrogen) atoms. The maximum absolute atomic E-state index is 8.81. The van der Waals surface area contributed by atoms with Crippen LogP contribution in [0.15, 0.2) is 10.6 Å². The fourth-order valence-electron chi connectivity index (χ4n) is 1.77. The quantitative estimate of drug-likeness (QED) is 0.739. The van der Waals surface area contributed by atoms with Crippen molar-refractivity contribution in [3.05, 3.63) is 17.8 Å². The zero-order valence-electron chi connectivity index (χ0n) is 7.73. The highest BCUT2D eigenvalue weighted by atomic mass is 16.4. The Hall–Kier alpha value is -0.870. The number of aliphatic hydroxyl groups excluding tert-OH is 1. The van der Waals surface area contributed by atoms with Gasteiger partial charge in [-0.2, -0.15) is 0 Å². The minimum Gasteiger partial charge on any atom is -0.442 e. The summed E-state index contributed by atoms with van der Waals surface area (Å²) in [5.74, 6) is 1.29. The van der Waals surface area contributed by atoms with E-state index in [-0.39, 0.29) is 6.61 Å². The fourth-order valence-corrected chi connectivity index (χ4v) is 1.77. The van der Waals surface area contributed by atoms with Gasteiger partial charge in [-0.3, -0.25) is 4.90 Å². The molecule has 1 aliphatic rings. The maximum Gasteiger partial charge on any atom is 0.211 e. The summed E-state index contributed by atoms with van der Waals surface area (Å²) in [6.07, 6.45) is 3.89. The first-order chi connectivity index (χ1) is 6.31. The van der Waals surface area contributed by atoms with Crippen molar-refractivity contribution < 1.29 is 9.52 Å². The number of hydrogen-bond acceptors (Lipinski definition) is 4. The van der Waals surface area contributed by atoms with E-state index in [9.17, 15) is 0 Å². The Morgan fingerprint density at radius 2 is 2.62 bits per heavy atom. The normalized spacial score (nSPS) is 24.0. The zero-order valence-corrected chi connectivity index (χ0v) is 7.73. The standard InChI is InChI=1S/C9H14N2O2/c1-11-4-2-3-8(11)9-10-5-7(6-12)13-9/h5,8,12H,2-4,6H2,1H3. The molecule has 2 rings (SSSR count). The molecule has 4 nitrogen and oxygen atoms in total. The summed E-state index contributed by atoms with van der Waals surface area (Å²) in [6.45, 7) is 1.03. The van der Waals surface area contributed by atoms with Crippen molar-refractivity contribution in [2.24, 2.45) is 0 Å². The number of rotatable bonds is 2. The van der Waals surface area contributed by atoms with Crippen LogP contribution in [0.4, 0.5) is 0 Å². The minimum absolute atomic E-state index is 0.0660. The third kappa shape index (κ3) is 1.59. The molecule has 1 aromatic heterocycles. The van der Waals surface area contributed by atoms with Gasteiger partial charge in [-0.05, 0) is 26.4 Å². The summed E-state index contributed by atoms with van der Waals surface area (Å²) in [5.41, 5.74) is 0. The van der Waals surface area contributed by atoms with E-state index in [2.05, 4.69) is 16.9 Å². The molecular formula is C9H14N2O2. The van der Waals surface area contributed by atoms with Crippen molar-refractivity contribution >= 4 is 0 Å². The Balaban J connectivity index is 2.15. The number of nitrogens with zero attached hydrogens (tertiary/aromatic N) is 2. The molecule has 1 aromatic rings. The molecule has 0 saturated carbocycles. The lowest BCUT2D eigenvalue weighted by atomic mass is 10.2. The van der Waals surface area contributed by atoms with Gasteiger partial charge in [0.15, 0.2) is 0 Å². The first-order valence-corrected chi connectivity index (χ1v) is 4.57. The van der Waals surface area contributed by atoms with Crippen molar-refractivity contribution in [3.8, 4) is 0 Å². The monoisotopic (exact) mass is 182 g/mol. The number of aromatic nitrogens is 1. The molecule has 0 spiro atoms. The summed E-state index contributed by atoms with van der Waals surface area (Å²) in [6, 6.07) is 0.306. The summed E-state index contributed by atoms with van der Waals surface area (Å²) in [4.78, 5) is 6.38. The minimum atomic E-state index is -0.0660. The van der Waals surface area contributed by atoms with Crippen LogP contribution in [0, 0.1) is 0 Å². The summed E-state index contributed by atoms with van der Waals surface area (Å²) in [5, 5.41) is 8.81. The van der Waals surface area contributed by atoms with E-state index in [4.69, 9.17) is 9.52 Å². The first-order valence-electron chi connectivity index (χ1n) is 4.57. The second-order valence-corrected chi connectivity index (χ2v) is 3.46. The Labute approximate surface area is 77.2 Å². The second-order valence-electron chi connectivity index (χ2n) is 3.46. The van der Waals surface area contributed by atoms with Crippen LogP contribution in [0.3, 0.4) is 0 Å². The molecule has 0 aliphatic carbocycles. The highest BCUT2D eigenvalue weighted by molar-refractivity contribution is 4.99. The van der Waals surface area contributed by atoms with Gasteiger partial charge in [-0.1, -0.05) is 0 Å².